The Bertz CT molecular complexity index is 496. The van der Waals surface area contributed by atoms with E-state index in [9.17, 15) is 8.42 Å². The Labute approximate surface area is 109 Å². The maximum absolute atomic E-state index is 12.4. The standard InChI is InChI=1S/C13H20N2O2S/c1-3-12-4-6-13(7-5-12)18(16,17)15-9-8-14-11(2)10-15/h4-7,11,14H,3,8-10H2,1-2H3/t11-/m1/s1. The summed E-state index contributed by atoms with van der Waals surface area (Å²) in [6.45, 7) is 5.86. The molecule has 4 nitrogen and oxygen atoms in total. The molecule has 1 aliphatic rings. The van der Waals surface area contributed by atoms with Crippen LogP contribution in [0.25, 0.3) is 0 Å². The summed E-state index contributed by atoms with van der Waals surface area (Å²) in [7, 11) is -3.33. The molecular weight excluding hydrogens is 248 g/mol. The number of nitrogens with zero attached hydrogens (tertiary/aromatic N) is 1. The average Bonchev–Trinajstić information content (AvgIpc) is 2.39. The lowest BCUT2D eigenvalue weighted by Crippen LogP contribution is -2.51. The summed E-state index contributed by atoms with van der Waals surface area (Å²) in [6.07, 6.45) is 0.922. The van der Waals surface area contributed by atoms with E-state index in [4.69, 9.17) is 0 Å². The molecule has 0 radical (unpaired) electrons. The number of benzene rings is 1. The summed E-state index contributed by atoms with van der Waals surface area (Å²) in [5.74, 6) is 0. The van der Waals surface area contributed by atoms with Crippen LogP contribution >= 0.6 is 0 Å². The van der Waals surface area contributed by atoms with Crippen LogP contribution in [0.15, 0.2) is 29.2 Å². The van der Waals surface area contributed by atoms with Crippen molar-refractivity contribution < 1.29 is 8.42 Å². The molecule has 1 saturated heterocycles. The van der Waals surface area contributed by atoms with Gasteiger partial charge in [0.2, 0.25) is 10.0 Å². The average molecular weight is 268 g/mol. The number of hydrogen-bond acceptors (Lipinski definition) is 3. The molecule has 18 heavy (non-hydrogen) atoms. The van der Waals surface area contributed by atoms with Crippen molar-refractivity contribution in [2.75, 3.05) is 19.6 Å². The second-order valence-corrected chi connectivity index (χ2v) is 6.65. The molecule has 0 spiro atoms. The molecule has 0 aliphatic carbocycles. The van der Waals surface area contributed by atoms with Crippen LogP contribution in [0.4, 0.5) is 0 Å². The number of piperazine rings is 1. The van der Waals surface area contributed by atoms with Gasteiger partial charge in [-0.2, -0.15) is 4.31 Å². The first kappa shape index (κ1) is 13.5. The van der Waals surface area contributed by atoms with Crippen LogP contribution in [0.2, 0.25) is 0 Å². The minimum absolute atomic E-state index is 0.212. The maximum Gasteiger partial charge on any atom is 0.243 e. The second-order valence-electron chi connectivity index (χ2n) is 4.72. The molecule has 5 heteroatoms. The van der Waals surface area contributed by atoms with E-state index in [2.05, 4.69) is 12.2 Å². The zero-order valence-electron chi connectivity index (χ0n) is 10.9. The van der Waals surface area contributed by atoms with Crippen molar-refractivity contribution in [3.63, 3.8) is 0 Å². The summed E-state index contributed by atoms with van der Waals surface area (Å²) in [5, 5.41) is 3.25. The van der Waals surface area contributed by atoms with E-state index in [0.717, 1.165) is 12.0 Å². The fraction of sp³-hybridized carbons (Fsp3) is 0.538. The Morgan fingerprint density at radius 2 is 2.00 bits per heavy atom. The van der Waals surface area contributed by atoms with E-state index in [0.29, 0.717) is 24.5 Å². The predicted molar refractivity (Wildman–Crippen MR) is 72.0 cm³/mol. The highest BCUT2D eigenvalue weighted by Gasteiger charge is 2.28. The van der Waals surface area contributed by atoms with Gasteiger partial charge in [0.15, 0.2) is 0 Å². The number of hydrogen-bond donors (Lipinski definition) is 1. The monoisotopic (exact) mass is 268 g/mol. The summed E-state index contributed by atoms with van der Waals surface area (Å²) >= 11 is 0. The van der Waals surface area contributed by atoms with Crippen LogP contribution in [-0.2, 0) is 16.4 Å². The van der Waals surface area contributed by atoms with Crippen molar-refractivity contribution >= 4 is 10.0 Å². The summed E-state index contributed by atoms with van der Waals surface area (Å²) < 4.78 is 26.4. The van der Waals surface area contributed by atoms with Crippen molar-refractivity contribution in [1.29, 1.82) is 0 Å². The molecular formula is C13H20N2O2S. The zero-order chi connectivity index (χ0) is 13.2. The molecule has 1 heterocycles. The molecule has 1 atom stereocenters. The van der Waals surface area contributed by atoms with Crippen molar-refractivity contribution in [3.8, 4) is 0 Å². The Morgan fingerprint density at radius 3 is 2.56 bits per heavy atom. The van der Waals surface area contributed by atoms with Gasteiger partial charge in [0.05, 0.1) is 4.90 Å². The summed E-state index contributed by atoms with van der Waals surface area (Å²) in [6, 6.07) is 7.40. The van der Waals surface area contributed by atoms with Crippen molar-refractivity contribution in [3.05, 3.63) is 29.8 Å². The Hall–Kier alpha value is -0.910. The molecule has 2 rings (SSSR count). The third-order valence-electron chi connectivity index (χ3n) is 3.30. The van der Waals surface area contributed by atoms with Crippen LogP contribution < -0.4 is 5.32 Å². The number of sulfonamides is 1. The van der Waals surface area contributed by atoms with Gasteiger partial charge in [-0.15, -0.1) is 0 Å². The largest absolute Gasteiger partial charge is 0.312 e. The highest BCUT2D eigenvalue weighted by Crippen LogP contribution is 2.18. The molecule has 0 saturated carbocycles. The van der Waals surface area contributed by atoms with Gasteiger partial charge in [-0.1, -0.05) is 19.1 Å². The van der Waals surface area contributed by atoms with Crippen molar-refractivity contribution in [2.24, 2.45) is 0 Å². The van der Waals surface area contributed by atoms with Gasteiger partial charge < -0.3 is 5.32 Å². The van der Waals surface area contributed by atoms with E-state index in [-0.39, 0.29) is 6.04 Å². The van der Waals surface area contributed by atoms with Crippen LogP contribution in [-0.4, -0.2) is 38.4 Å². The molecule has 1 N–H and O–H groups in total. The molecule has 100 valence electrons. The molecule has 0 unspecified atom stereocenters. The summed E-state index contributed by atoms with van der Waals surface area (Å²) in [4.78, 5) is 0.397. The highest BCUT2D eigenvalue weighted by molar-refractivity contribution is 7.89. The molecule has 0 aromatic heterocycles. The Balaban J connectivity index is 2.23. The first-order chi connectivity index (χ1) is 8.54. The van der Waals surface area contributed by atoms with Crippen molar-refractivity contribution in [2.45, 2.75) is 31.2 Å². The van der Waals surface area contributed by atoms with E-state index >= 15 is 0 Å². The third kappa shape index (κ3) is 2.74. The van der Waals surface area contributed by atoms with Crippen LogP contribution in [0.3, 0.4) is 0 Å². The number of aryl methyl sites for hydroxylation is 1. The molecule has 0 bridgehead atoms. The Kier molecular flexibility index (Phi) is 4.04. The molecule has 1 fully saturated rings. The van der Waals surface area contributed by atoms with Crippen LogP contribution in [0.1, 0.15) is 19.4 Å². The fourth-order valence-corrected chi connectivity index (χ4v) is 3.69. The lowest BCUT2D eigenvalue weighted by atomic mass is 10.2. The molecule has 1 aromatic carbocycles. The SMILES string of the molecule is CCc1ccc(S(=O)(=O)N2CCN[C@H](C)C2)cc1. The summed E-state index contributed by atoms with van der Waals surface area (Å²) in [5.41, 5.74) is 1.16. The van der Waals surface area contributed by atoms with Gasteiger partial charge in [0.25, 0.3) is 0 Å². The topological polar surface area (TPSA) is 49.4 Å². The zero-order valence-corrected chi connectivity index (χ0v) is 11.7. The Morgan fingerprint density at radius 1 is 1.33 bits per heavy atom. The van der Waals surface area contributed by atoms with E-state index in [1.165, 1.54) is 0 Å². The molecule has 0 amide bonds. The third-order valence-corrected chi connectivity index (χ3v) is 5.18. The quantitative estimate of drug-likeness (QED) is 0.897. The first-order valence-electron chi connectivity index (χ1n) is 6.36. The minimum atomic E-state index is -3.33. The van der Waals surface area contributed by atoms with Gasteiger partial charge in [0.1, 0.15) is 0 Å². The van der Waals surface area contributed by atoms with E-state index in [1.54, 1.807) is 16.4 Å². The van der Waals surface area contributed by atoms with Crippen molar-refractivity contribution in [1.82, 2.24) is 9.62 Å². The number of nitrogens with one attached hydrogen (secondary N) is 1. The smallest absolute Gasteiger partial charge is 0.243 e. The molecule has 1 aromatic rings. The van der Waals surface area contributed by atoms with Gasteiger partial charge >= 0.3 is 0 Å². The van der Waals surface area contributed by atoms with E-state index < -0.39 is 10.0 Å². The predicted octanol–water partition coefficient (Wildman–Crippen LogP) is 1.23. The van der Waals surface area contributed by atoms with Gasteiger partial charge in [0, 0.05) is 25.7 Å². The van der Waals surface area contributed by atoms with E-state index in [1.807, 2.05) is 19.1 Å². The fourth-order valence-electron chi connectivity index (χ4n) is 2.16. The second kappa shape index (κ2) is 5.38. The lowest BCUT2D eigenvalue weighted by Gasteiger charge is -2.31. The number of rotatable bonds is 3. The highest BCUT2D eigenvalue weighted by atomic mass is 32.2. The van der Waals surface area contributed by atoms with Gasteiger partial charge in [-0.05, 0) is 31.0 Å². The minimum Gasteiger partial charge on any atom is -0.312 e. The van der Waals surface area contributed by atoms with Gasteiger partial charge in [-0.3, -0.25) is 0 Å². The lowest BCUT2D eigenvalue weighted by molar-refractivity contribution is 0.310. The first-order valence-corrected chi connectivity index (χ1v) is 7.80. The van der Waals surface area contributed by atoms with Crippen LogP contribution in [0.5, 0.6) is 0 Å². The van der Waals surface area contributed by atoms with Crippen LogP contribution in [0, 0.1) is 0 Å². The molecule has 1 aliphatic heterocycles. The maximum atomic E-state index is 12.4. The normalized spacial score (nSPS) is 22.0. The van der Waals surface area contributed by atoms with Gasteiger partial charge in [-0.25, -0.2) is 8.42 Å².